The molecule has 0 bridgehead atoms. The first-order valence-electron chi connectivity index (χ1n) is 6.25. The third-order valence-electron chi connectivity index (χ3n) is 3.19. The van der Waals surface area contributed by atoms with E-state index in [1.54, 1.807) is 9.58 Å². The molecular formula is C14H15N3O2. The number of hydrogen-bond donors (Lipinski definition) is 1. The maximum atomic E-state index is 11.9. The Morgan fingerprint density at radius 3 is 2.68 bits per heavy atom. The lowest BCUT2D eigenvalue weighted by molar-refractivity contribution is -0.117. The van der Waals surface area contributed by atoms with E-state index in [4.69, 9.17) is 0 Å². The summed E-state index contributed by atoms with van der Waals surface area (Å²) in [5.74, 6) is 0.648. The number of aryl methyl sites for hydroxylation is 1. The fourth-order valence-electron chi connectivity index (χ4n) is 2.35. The zero-order valence-electron chi connectivity index (χ0n) is 10.7. The summed E-state index contributed by atoms with van der Waals surface area (Å²) in [5, 5.41) is 14.0. The Balaban J connectivity index is 2.05. The Labute approximate surface area is 111 Å². The minimum atomic E-state index is -0.591. The van der Waals surface area contributed by atoms with E-state index in [0.717, 1.165) is 11.4 Å². The zero-order valence-corrected chi connectivity index (χ0v) is 10.7. The zero-order chi connectivity index (χ0) is 13.4. The Morgan fingerprint density at radius 1 is 1.32 bits per heavy atom. The van der Waals surface area contributed by atoms with Crippen LogP contribution in [0, 0.1) is 6.92 Å². The predicted molar refractivity (Wildman–Crippen MR) is 71.3 cm³/mol. The molecule has 2 aromatic rings. The quantitative estimate of drug-likeness (QED) is 0.881. The molecule has 19 heavy (non-hydrogen) atoms. The highest BCUT2D eigenvalue weighted by atomic mass is 16.3. The van der Waals surface area contributed by atoms with Crippen LogP contribution in [-0.4, -0.2) is 33.4 Å². The van der Waals surface area contributed by atoms with Gasteiger partial charge in [0.1, 0.15) is 5.82 Å². The van der Waals surface area contributed by atoms with Crippen LogP contribution in [0.3, 0.4) is 0 Å². The molecule has 1 fully saturated rings. The largest absolute Gasteiger partial charge is 0.391 e. The smallest absolute Gasteiger partial charge is 0.230 e. The van der Waals surface area contributed by atoms with Crippen LogP contribution in [0.25, 0.3) is 5.69 Å². The number of hydrogen-bond acceptors (Lipinski definition) is 3. The summed E-state index contributed by atoms with van der Waals surface area (Å²) >= 11 is 0. The summed E-state index contributed by atoms with van der Waals surface area (Å²) in [4.78, 5) is 13.5. The molecule has 1 aliphatic rings. The molecule has 1 atom stereocenters. The number of carbonyl (C=O) groups excluding carboxylic acids is 1. The normalized spacial score (nSPS) is 19.2. The van der Waals surface area contributed by atoms with Crippen LogP contribution in [-0.2, 0) is 4.79 Å². The first-order chi connectivity index (χ1) is 9.15. The average molecular weight is 257 g/mol. The number of nitrogens with zero attached hydrogens (tertiary/aromatic N) is 3. The number of benzene rings is 1. The second kappa shape index (κ2) is 4.51. The van der Waals surface area contributed by atoms with Crippen molar-refractivity contribution >= 4 is 11.7 Å². The van der Waals surface area contributed by atoms with Gasteiger partial charge in [0.05, 0.1) is 30.5 Å². The monoisotopic (exact) mass is 257 g/mol. The number of aliphatic hydroxyl groups excluding tert-OH is 1. The summed E-state index contributed by atoms with van der Waals surface area (Å²) in [7, 11) is 0. The van der Waals surface area contributed by atoms with Crippen LogP contribution < -0.4 is 4.90 Å². The van der Waals surface area contributed by atoms with Crippen molar-refractivity contribution in [3.63, 3.8) is 0 Å². The van der Waals surface area contributed by atoms with E-state index in [2.05, 4.69) is 5.10 Å². The maximum Gasteiger partial charge on any atom is 0.230 e. The summed E-state index contributed by atoms with van der Waals surface area (Å²) in [6, 6.07) is 11.5. The molecule has 2 heterocycles. The highest BCUT2D eigenvalue weighted by Gasteiger charge is 2.31. The van der Waals surface area contributed by atoms with Gasteiger partial charge in [-0.3, -0.25) is 9.69 Å². The number of β-amino-alcohol motifs (C(OH)–C–C–N with tert-alkyl or cyclic N) is 1. The minimum absolute atomic E-state index is 0.0652. The first-order valence-corrected chi connectivity index (χ1v) is 6.25. The van der Waals surface area contributed by atoms with Gasteiger partial charge >= 0.3 is 0 Å². The van der Waals surface area contributed by atoms with Crippen LogP contribution >= 0.6 is 0 Å². The fourth-order valence-corrected chi connectivity index (χ4v) is 2.35. The summed E-state index contributed by atoms with van der Waals surface area (Å²) in [5.41, 5.74) is 1.74. The van der Waals surface area contributed by atoms with Gasteiger partial charge in [-0.2, -0.15) is 5.10 Å². The van der Waals surface area contributed by atoms with Crippen molar-refractivity contribution in [1.82, 2.24) is 9.78 Å². The molecule has 0 saturated carbocycles. The van der Waals surface area contributed by atoms with Crippen LogP contribution in [0.5, 0.6) is 0 Å². The van der Waals surface area contributed by atoms with E-state index in [1.807, 2.05) is 43.3 Å². The second-order valence-electron chi connectivity index (χ2n) is 4.75. The minimum Gasteiger partial charge on any atom is -0.391 e. The molecule has 1 aliphatic heterocycles. The van der Waals surface area contributed by atoms with Gasteiger partial charge in [0.25, 0.3) is 0 Å². The van der Waals surface area contributed by atoms with Crippen LogP contribution in [0.1, 0.15) is 12.1 Å². The van der Waals surface area contributed by atoms with Crippen LogP contribution in [0.15, 0.2) is 36.4 Å². The van der Waals surface area contributed by atoms with E-state index in [9.17, 15) is 9.90 Å². The Bertz CT molecular complexity index is 606. The van der Waals surface area contributed by atoms with Crippen molar-refractivity contribution < 1.29 is 9.90 Å². The summed E-state index contributed by atoms with van der Waals surface area (Å²) in [6.07, 6.45) is -0.411. The van der Waals surface area contributed by atoms with Crippen molar-refractivity contribution in [1.29, 1.82) is 0 Å². The molecule has 3 rings (SSSR count). The number of anilines is 1. The van der Waals surface area contributed by atoms with Crippen molar-refractivity contribution in [3.05, 3.63) is 42.1 Å². The molecule has 98 valence electrons. The van der Waals surface area contributed by atoms with E-state index >= 15 is 0 Å². The van der Waals surface area contributed by atoms with Gasteiger partial charge in [-0.15, -0.1) is 0 Å². The molecule has 0 radical (unpaired) electrons. The first kappa shape index (κ1) is 11.9. The van der Waals surface area contributed by atoms with E-state index < -0.39 is 6.10 Å². The topological polar surface area (TPSA) is 58.4 Å². The number of aliphatic hydroxyl groups is 1. The molecule has 1 aromatic heterocycles. The highest BCUT2D eigenvalue weighted by molar-refractivity contribution is 5.95. The Morgan fingerprint density at radius 2 is 2.05 bits per heavy atom. The molecule has 0 spiro atoms. The average Bonchev–Trinajstić information content (AvgIpc) is 2.93. The lowest BCUT2D eigenvalue weighted by Gasteiger charge is -2.17. The summed E-state index contributed by atoms with van der Waals surface area (Å²) in [6.45, 7) is 2.22. The second-order valence-corrected chi connectivity index (χ2v) is 4.75. The maximum absolute atomic E-state index is 11.9. The Kier molecular flexibility index (Phi) is 2.83. The third-order valence-corrected chi connectivity index (χ3v) is 3.19. The highest BCUT2D eigenvalue weighted by Crippen LogP contribution is 2.25. The van der Waals surface area contributed by atoms with Gasteiger partial charge < -0.3 is 5.11 Å². The van der Waals surface area contributed by atoms with Gasteiger partial charge in [-0.25, -0.2) is 4.68 Å². The van der Waals surface area contributed by atoms with Gasteiger partial charge in [0.15, 0.2) is 0 Å². The van der Waals surface area contributed by atoms with E-state index in [1.165, 1.54) is 0 Å². The molecule has 1 unspecified atom stereocenters. The standard InChI is InChI=1S/C14H15N3O2/c1-10-7-13(16-9-12(18)8-14(16)19)17(15-10)11-5-3-2-4-6-11/h2-7,12,18H,8-9H2,1H3. The van der Waals surface area contributed by atoms with Crippen molar-refractivity contribution in [3.8, 4) is 5.69 Å². The number of aromatic nitrogens is 2. The number of carbonyl (C=O) groups is 1. The molecule has 0 aliphatic carbocycles. The lowest BCUT2D eigenvalue weighted by Crippen LogP contribution is -2.27. The van der Waals surface area contributed by atoms with Crippen LogP contribution in [0.4, 0.5) is 5.82 Å². The molecule has 1 N–H and O–H groups in total. The van der Waals surface area contributed by atoms with Crippen LogP contribution in [0.2, 0.25) is 0 Å². The van der Waals surface area contributed by atoms with Crippen molar-refractivity contribution in [2.24, 2.45) is 0 Å². The van der Waals surface area contributed by atoms with Gasteiger partial charge in [-0.05, 0) is 19.1 Å². The van der Waals surface area contributed by atoms with E-state index in [-0.39, 0.29) is 12.3 Å². The number of rotatable bonds is 2. The van der Waals surface area contributed by atoms with E-state index in [0.29, 0.717) is 12.4 Å². The molecule has 1 aromatic carbocycles. The number of amides is 1. The van der Waals surface area contributed by atoms with Crippen molar-refractivity contribution in [2.45, 2.75) is 19.4 Å². The third kappa shape index (κ3) is 2.13. The predicted octanol–water partition coefficient (Wildman–Crippen LogP) is 1.28. The molecule has 1 amide bonds. The molecule has 5 heteroatoms. The van der Waals surface area contributed by atoms with Crippen molar-refractivity contribution in [2.75, 3.05) is 11.4 Å². The molecular weight excluding hydrogens is 242 g/mol. The lowest BCUT2D eigenvalue weighted by atomic mass is 10.3. The van der Waals surface area contributed by atoms with Gasteiger partial charge in [0, 0.05) is 6.07 Å². The molecule has 5 nitrogen and oxygen atoms in total. The number of para-hydroxylation sites is 1. The summed E-state index contributed by atoms with van der Waals surface area (Å²) < 4.78 is 1.74. The fraction of sp³-hybridized carbons (Fsp3) is 0.286. The Hall–Kier alpha value is -2.14. The molecule has 1 saturated heterocycles. The van der Waals surface area contributed by atoms with Gasteiger partial charge in [-0.1, -0.05) is 18.2 Å². The van der Waals surface area contributed by atoms with Gasteiger partial charge in [0.2, 0.25) is 5.91 Å². The SMILES string of the molecule is Cc1cc(N2CC(O)CC2=O)n(-c2ccccc2)n1.